The molecule has 1 aromatic carbocycles. The van der Waals surface area contributed by atoms with Crippen LogP contribution in [-0.4, -0.2) is 18.5 Å². The van der Waals surface area contributed by atoms with Crippen molar-refractivity contribution in [1.82, 2.24) is 5.32 Å². The molecule has 17 heavy (non-hydrogen) atoms. The predicted octanol–water partition coefficient (Wildman–Crippen LogP) is 1.89. The molecule has 1 aromatic rings. The van der Waals surface area contributed by atoms with Gasteiger partial charge in [0.05, 0.1) is 0 Å². The predicted molar refractivity (Wildman–Crippen MR) is 73.3 cm³/mol. The molecule has 0 saturated heterocycles. The lowest BCUT2D eigenvalue weighted by atomic mass is 10.1. The highest BCUT2D eigenvalue weighted by molar-refractivity contribution is 5.85. The average molecular weight is 257 g/mol. The van der Waals surface area contributed by atoms with Crippen molar-refractivity contribution in [1.29, 1.82) is 0 Å². The number of aryl methyl sites for hydroxylation is 1. The molecule has 0 aromatic heterocycles. The summed E-state index contributed by atoms with van der Waals surface area (Å²) in [5.41, 5.74) is 6.79. The minimum atomic E-state index is 0. The number of halogens is 1. The highest BCUT2D eigenvalue weighted by Crippen LogP contribution is 2.01. The van der Waals surface area contributed by atoms with E-state index >= 15 is 0 Å². The minimum absolute atomic E-state index is 0. The van der Waals surface area contributed by atoms with E-state index in [1.165, 1.54) is 5.56 Å². The topological polar surface area (TPSA) is 55.1 Å². The van der Waals surface area contributed by atoms with Gasteiger partial charge >= 0.3 is 0 Å². The average Bonchev–Trinajstić information content (AvgIpc) is 2.27. The molecule has 0 aliphatic rings. The maximum atomic E-state index is 11.4. The standard InChI is InChI=1S/C13H20N2O.ClH/c1-11(14)9-10-15-13(16)8-7-12-5-3-2-4-6-12;/h2-6,11H,7-10,14H2,1H3,(H,15,16);1H. The van der Waals surface area contributed by atoms with Gasteiger partial charge < -0.3 is 11.1 Å². The molecule has 0 bridgehead atoms. The van der Waals surface area contributed by atoms with Crippen LogP contribution < -0.4 is 11.1 Å². The van der Waals surface area contributed by atoms with E-state index in [0.29, 0.717) is 13.0 Å². The fraction of sp³-hybridized carbons (Fsp3) is 0.462. The highest BCUT2D eigenvalue weighted by Gasteiger charge is 2.02. The highest BCUT2D eigenvalue weighted by atomic mass is 35.5. The molecule has 4 heteroatoms. The van der Waals surface area contributed by atoms with Gasteiger partial charge in [-0.25, -0.2) is 0 Å². The zero-order valence-corrected chi connectivity index (χ0v) is 11.0. The number of nitrogens with two attached hydrogens (primary N) is 1. The number of carbonyl (C=O) groups is 1. The van der Waals surface area contributed by atoms with E-state index < -0.39 is 0 Å². The van der Waals surface area contributed by atoms with Crippen LogP contribution in [0, 0.1) is 0 Å². The van der Waals surface area contributed by atoms with E-state index in [1.807, 2.05) is 37.3 Å². The number of nitrogens with one attached hydrogen (secondary N) is 1. The second-order valence-electron chi connectivity index (χ2n) is 4.10. The van der Waals surface area contributed by atoms with Crippen molar-refractivity contribution in [2.24, 2.45) is 5.73 Å². The largest absolute Gasteiger partial charge is 0.356 e. The third-order valence-corrected chi connectivity index (χ3v) is 2.41. The first kappa shape index (κ1) is 15.9. The Morgan fingerprint density at radius 2 is 2.00 bits per heavy atom. The molecule has 0 heterocycles. The van der Waals surface area contributed by atoms with Crippen LogP contribution in [0.4, 0.5) is 0 Å². The fourth-order valence-electron chi connectivity index (χ4n) is 1.43. The van der Waals surface area contributed by atoms with E-state index in [-0.39, 0.29) is 24.4 Å². The summed E-state index contributed by atoms with van der Waals surface area (Å²) >= 11 is 0. The molecule has 96 valence electrons. The number of benzene rings is 1. The first-order chi connectivity index (χ1) is 7.68. The summed E-state index contributed by atoms with van der Waals surface area (Å²) < 4.78 is 0. The van der Waals surface area contributed by atoms with Crippen LogP contribution in [0.3, 0.4) is 0 Å². The molecule has 0 spiro atoms. The van der Waals surface area contributed by atoms with Crippen LogP contribution in [0.25, 0.3) is 0 Å². The number of carbonyl (C=O) groups excluding carboxylic acids is 1. The van der Waals surface area contributed by atoms with Gasteiger partial charge in [-0.05, 0) is 25.3 Å². The normalized spacial score (nSPS) is 11.4. The Morgan fingerprint density at radius 1 is 1.35 bits per heavy atom. The Morgan fingerprint density at radius 3 is 2.59 bits per heavy atom. The second-order valence-corrected chi connectivity index (χ2v) is 4.10. The Balaban J connectivity index is 0.00000256. The smallest absolute Gasteiger partial charge is 0.220 e. The molecule has 0 saturated carbocycles. The second kappa shape index (κ2) is 9.02. The third kappa shape index (κ3) is 7.77. The van der Waals surface area contributed by atoms with Crippen LogP contribution in [-0.2, 0) is 11.2 Å². The van der Waals surface area contributed by atoms with Crippen molar-refractivity contribution in [3.63, 3.8) is 0 Å². The van der Waals surface area contributed by atoms with Gasteiger partial charge in [-0.3, -0.25) is 4.79 Å². The molecule has 1 amide bonds. The van der Waals surface area contributed by atoms with Gasteiger partial charge in [0, 0.05) is 19.0 Å². The first-order valence-electron chi connectivity index (χ1n) is 5.74. The molecule has 0 aliphatic carbocycles. The Hall–Kier alpha value is -1.06. The van der Waals surface area contributed by atoms with Crippen molar-refractivity contribution in [3.8, 4) is 0 Å². The lowest BCUT2D eigenvalue weighted by molar-refractivity contribution is -0.121. The van der Waals surface area contributed by atoms with Gasteiger partial charge in [-0.15, -0.1) is 12.4 Å². The van der Waals surface area contributed by atoms with Gasteiger partial charge in [0.1, 0.15) is 0 Å². The third-order valence-electron chi connectivity index (χ3n) is 2.41. The summed E-state index contributed by atoms with van der Waals surface area (Å²) in [7, 11) is 0. The lowest BCUT2D eigenvalue weighted by Crippen LogP contribution is -2.29. The van der Waals surface area contributed by atoms with Gasteiger partial charge in [0.25, 0.3) is 0 Å². The number of hydrogen-bond donors (Lipinski definition) is 2. The molecule has 0 radical (unpaired) electrons. The molecule has 0 aliphatic heterocycles. The summed E-state index contributed by atoms with van der Waals surface area (Å²) in [6.45, 7) is 2.61. The maximum Gasteiger partial charge on any atom is 0.220 e. The molecule has 3 nitrogen and oxygen atoms in total. The zero-order chi connectivity index (χ0) is 11.8. The van der Waals surface area contributed by atoms with Crippen LogP contribution in [0.1, 0.15) is 25.3 Å². The van der Waals surface area contributed by atoms with Crippen LogP contribution in [0.2, 0.25) is 0 Å². The van der Waals surface area contributed by atoms with Crippen molar-refractivity contribution in [2.75, 3.05) is 6.54 Å². The summed E-state index contributed by atoms with van der Waals surface area (Å²) in [5.74, 6) is 0.101. The van der Waals surface area contributed by atoms with Crippen LogP contribution in [0.15, 0.2) is 30.3 Å². The SMILES string of the molecule is CC(N)CCNC(=O)CCc1ccccc1.Cl. The van der Waals surface area contributed by atoms with Crippen molar-refractivity contribution in [2.45, 2.75) is 32.2 Å². The molecule has 1 atom stereocenters. The van der Waals surface area contributed by atoms with Crippen LogP contribution in [0.5, 0.6) is 0 Å². The van der Waals surface area contributed by atoms with Crippen molar-refractivity contribution in [3.05, 3.63) is 35.9 Å². The Labute approximate surface area is 109 Å². The van der Waals surface area contributed by atoms with E-state index in [0.717, 1.165) is 12.8 Å². The summed E-state index contributed by atoms with van der Waals surface area (Å²) in [4.78, 5) is 11.4. The van der Waals surface area contributed by atoms with E-state index in [1.54, 1.807) is 0 Å². The zero-order valence-electron chi connectivity index (χ0n) is 10.2. The van der Waals surface area contributed by atoms with Gasteiger partial charge in [0.15, 0.2) is 0 Å². The van der Waals surface area contributed by atoms with Crippen molar-refractivity contribution < 1.29 is 4.79 Å². The fourth-order valence-corrected chi connectivity index (χ4v) is 1.43. The summed E-state index contributed by atoms with van der Waals surface area (Å²) in [6, 6.07) is 10.2. The molecule has 3 N–H and O–H groups in total. The first-order valence-corrected chi connectivity index (χ1v) is 5.74. The monoisotopic (exact) mass is 256 g/mol. The number of amides is 1. The van der Waals surface area contributed by atoms with Crippen LogP contribution >= 0.6 is 12.4 Å². The summed E-state index contributed by atoms with van der Waals surface area (Å²) in [5, 5.41) is 2.87. The van der Waals surface area contributed by atoms with Gasteiger partial charge in [-0.2, -0.15) is 0 Å². The van der Waals surface area contributed by atoms with E-state index in [9.17, 15) is 4.79 Å². The van der Waals surface area contributed by atoms with Gasteiger partial charge in [-0.1, -0.05) is 30.3 Å². The van der Waals surface area contributed by atoms with E-state index in [4.69, 9.17) is 5.73 Å². The lowest BCUT2D eigenvalue weighted by Gasteiger charge is -2.07. The van der Waals surface area contributed by atoms with E-state index in [2.05, 4.69) is 5.32 Å². The number of rotatable bonds is 6. The quantitative estimate of drug-likeness (QED) is 0.817. The Kier molecular flexibility index (Phi) is 8.46. The van der Waals surface area contributed by atoms with Crippen molar-refractivity contribution >= 4 is 18.3 Å². The van der Waals surface area contributed by atoms with Gasteiger partial charge in [0.2, 0.25) is 5.91 Å². The molecule has 0 fully saturated rings. The number of hydrogen-bond acceptors (Lipinski definition) is 2. The molecular formula is C13H21ClN2O. The molecule has 1 rings (SSSR count). The minimum Gasteiger partial charge on any atom is -0.356 e. The Bertz CT molecular complexity index is 314. The molecular weight excluding hydrogens is 236 g/mol. The summed E-state index contributed by atoms with van der Waals surface area (Å²) in [6.07, 6.45) is 2.17. The maximum absolute atomic E-state index is 11.4. The molecule has 1 unspecified atom stereocenters.